The summed E-state index contributed by atoms with van der Waals surface area (Å²) in [6.45, 7) is 3.59. The quantitative estimate of drug-likeness (QED) is 0.368. The normalized spacial score (nSPS) is 13.1. The second kappa shape index (κ2) is 10.9. The highest BCUT2D eigenvalue weighted by molar-refractivity contribution is 4.62. The van der Waals surface area contributed by atoms with E-state index in [-0.39, 0.29) is 0 Å². The molecule has 0 aliphatic rings. The molecule has 0 aliphatic heterocycles. The maximum atomic E-state index is 5.90. The molecule has 0 aromatic heterocycles. The summed E-state index contributed by atoms with van der Waals surface area (Å²) >= 11 is 0. The van der Waals surface area contributed by atoms with Crippen LogP contribution >= 0.6 is 0 Å². The van der Waals surface area contributed by atoms with Gasteiger partial charge in [-0.3, -0.25) is 0 Å². The van der Waals surface area contributed by atoms with E-state index >= 15 is 0 Å². The van der Waals surface area contributed by atoms with Gasteiger partial charge in [0, 0.05) is 6.04 Å². The lowest BCUT2D eigenvalue weighted by Gasteiger charge is -2.10. The van der Waals surface area contributed by atoms with E-state index in [1.54, 1.807) is 0 Å². The SMILES string of the molecule is NCCCNCCCC(N)CCCN. The number of rotatable bonds is 10. The van der Waals surface area contributed by atoms with Crippen LogP contribution in [-0.4, -0.2) is 32.2 Å². The Hall–Kier alpha value is -0.160. The Morgan fingerprint density at radius 3 is 2.07 bits per heavy atom. The summed E-state index contributed by atoms with van der Waals surface area (Å²) in [6, 6.07) is 0.329. The van der Waals surface area contributed by atoms with Crippen molar-refractivity contribution in [3.05, 3.63) is 0 Å². The molecule has 7 N–H and O–H groups in total. The third-order valence-electron chi connectivity index (χ3n) is 2.27. The molecule has 0 rings (SSSR count). The number of hydrogen-bond acceptors (Lipinski definition) is 4. The summed E-state index contributed by atoms with van der Waals surface area (Å²) in [5.41, 5.74) is 16.7. The fourth-order valence-corrected chi connectivity index (χ4v) is 1.37. The molecule has 1 atom stereocenters. The van der Waals surface area contributed by atoms with E-state index in [1.165, 1.54) is 0 Å². The van der Waals surface area contributed by atoms with Crippen molar-refractivity contribution in [1.29, 1.82) is 0 Å². The van der Waals surface area contributed by atoms with Crippen molar-refractivity contribution in [1.82, 2.24) is 5.32 Å². The Morgan fingerprint density at radius 1 is 0.857 bits per heavy atom. The summed E-state index contributed by atoms with van der Waals surface area (Å²) < 4.78 is 0. The number of nitrogens with two attached hydrogens (primary N) is 3. The summed E-state index contributed by atoms with van der Waals surface area (Å²) in [5.74, 6) is 0. The van der Waals surface area contributed by atoms with Crippen LogP contribution in [0.2, 0.25) is 0 Å². The summed E-state index contributed by atoms with van der Waals surface area (Å²) in [6.07, 6.45) is 5.40. The predicted molar refractivity (Wildman–Crippen MR) is 62.0 cm³/mol. The van der Waals surface area contributed by atoms with Gasteiger partial charge < -0.3 is 22.5 Å². The van der Waals surface area contributed by atoms with Gasteiger partial charge in [-0.25, -0.2) is 0 Å². The van der Waals surface area contributed by atoms with Crippen molar-refractivity contribution < 1.29 is 0 Å². The molecule has 0 heterocycles. The van der Waals surface area contributed by atoms with Gasteiger partial charge in [0.05, 0.1) is 0 Å². The molecule has 0 aromatic carbocycles. The number of hydrogen-bond donors (Lipinski definition) is 4. The maximum Gasteiger partial charge on any atom is 0.00397 e. The zero-order chi connectivity index (χ0) is 10.6. The van der Waals surface area contributed by atoms with Crippen LogP contribution < -0.4 is 22.5 Å². The predicted octanol–water partition coefficient (Wildman–Crippen LogP) is -0.229. The van der Waals surface area contributed by atoms with Crippen LogP contribution in [0.25, 0.3) is 0 Å². The minimum absolute atomic E-state index is 0.329. The average Bonchev–Trinajstić information content (AvgIpc) is 2.20. The van der Waals surface area contributed by atoms with Crippen LogP contribution in [0.5, 0.6) is 0 Å². The van der Waals surface area contributed by atoms with E-state index in [0.717, 1.165) is 58.3 Å². The van der Waals surface area contributed by atoms with E-state index in [2.05, 4.69) is 5.32 Å². The van der Waals surface area contributed by atoms with E-state index in [1.807, 2.05) is 0 Å². The molecule has 0 fully saturated rings. The van der Waals surface area contributed by atoms with Crippen molar-refractivity contribution in [3.63, 3.8) is 0 Å². The van der Waals surface area contributed by atoms with Gasteiger partial charge in [0.1, 0.15) is 0 Å². The van der Waals surface area contributed by atoms with Crippen LogP contribution in [-0.2, 0) is 0 Å². The summed E-state index contributed by atoms with van der Waals surface area (Å²) in [4.78, 5) is 0. The Balaban J connectivity index is 3.02. The smallest absolute Gasteiger partial charge is 0.00397 e. The van der Waals surface area contributed by atoms with Crippen molar-refractivity contribution in [3.8, 4) is 0 Å². The Kier molecular flexibility index (Phi) is 10.8. The van der Waals surface area contributed by atoms with Crippen molar-refractivity contribution in [2.45, 2.75) is 38.1 Å². The highest BCUT2D eigenvalue weighted by Crippen LogP contribution is 2.00. The monoisotopic (exact) mass is 202 g/mol. The first-order valence-electron chi connectivity index (χ1n) is 5.67. The van der Waals surface area contributed by atoms with Gasteiger partial charge in [0.25, 0.3) is 0 Å². The molecule has 86 valence electrons. The zero-order valence-corrected chi connectivity index (χ0v) is 9.17. The van der Waals surface area contributed by atoms with Crippen LogP contribution in [0.4, 0.5) is 0 Å². The van der Waals surface area contributed by atoms with Crippen LogP contribution in [0, 0.1) is 0 Å². The van der Waals surface area contributed by atoms with Crippen LogP contribution in [0.1, 0.15) is 32.1 Å². The third-order valence-corrected chi connectivity index (χ3v) is 2.27. The molecular formula is C10H26N4. The molecule has 1 unspecified atom stereocenters. The van der Waals surface area contributed by atoms with E-state index in [0.29, 0.717) is 6.04 Å². The molecular weight excluding hydrogens is 176 g/mol. The molecule has 0 aromatic rings. The van der Waals surface area contributed by atoms with Gasteiger partial charge >= 0.3 is 0 Å². The molecule has 0 saturated heterocycles. The molecule has 0 spiro atoms. The second-order valence-electron chi connectivity index (χ2n) is 3.73. The van der Waals surface area contributed by atoms with E-state index in [9.17, 15) is 0 Å². The first-order valence-corrected chi connectivity index (χ1v) is 5.67. The van der Waals surface area contributed by atoms with Gasteiger partial charge in [-0.05, 0) is 58.3 Å². The first-order chi connectivity index (χ1) is 6.81. The Morgan fingerprint density at radius 2 is 1.43 bits per heavy atom. The van der Waals surface area contributed by atoms with Crippen LogP contribution in [0.15, 0.2) is 0 Å². The van der Waals surface area contributed by atoms with Gasteiger partial charge in [-0.15, -0.1) is 0 Å². The molecule has 4 nitrogen and oxygen atoms in total. The fraction of sp³-hybridized carbons (Fsp3) is 1.00. The lowest BCUT2D eigenvalue weighted by Crippen LogP contribution is -2.24. The van der Waals surface area contributed by atoms with Gasteiger partial charge in [-0.1, -0.05) is 0 Å². The Bertz CT molecular complexity index is 108. The minimum Gasteiger partial charge on any atom is -0.330 e. The van der Waals surface area contributed by atoms with Gasteiger partial charge in [0.2, 0.25) is 0 Å². The second-order valence-corrected chi connectivity index (χ2v) is 3.73. The first kappa shape index (κ1) is 13.8. The van der Waals surface area contributed by atoms with Crippen molar-refractivity contribution >= 4 is 0 Å². The molecule has 0 aliphatic carbocycles. The Labute approximate surface area is 87.6 Å². The maximum absolute atomic E-state index is 5.90. The zero-order valence-electron chi connectivity index (χ0n) is 9.17. The fourth-order valence-electron chi connectivity index (χ4n) is 1.37. The molecule has 0 radical (unpaired) electrons. The minimum atomic E-state index is 0.329. The molecule has 4 heteroatoms. The van der Waals surface area contributed by atoms with Crippen LogP contribution in [0.3, 0.4) is 0 Å². The summed E-state index contributed by atoms with van der Waals surface area (Å²) in [7, 11) is 0. The molecule has 0 bridgehead atoms. The molecule has 0 saturated carbocycles. The lowest BCUT2D eigenvalue weighted by atomic mass is 10.1. The standard InChI is InChI=1S/C10H26N4/c11-6-1-4-10(13)5-2-8-14-9-3-7-12/h10,14H,1-9,11-13H2. The van der Waals surface area contributed by atoms with E-state index < -0.39 is 0 Å². The number of nitrogens with one attached hydrogen (secondary N) is 1. The molecule has 0 amide bonds. The highest BCUT2D eigenvalue weighted by atomic mass is 14.8. The molecule has 14 heavy (non-hydrogen) atoms. The van der Waals surface area contributed by atoms with Gasteiger partial charge in [-0.2, -0.15) is 0 Å². The van der Waals surface area contributed by atoms with Crippen molar-refractivity contribution in [2.75, 3.05) is 26.2 Å². The highest BCUT2D eigenvalue weighted by Gasteiger charge is 2.00. The lowest BCUT2D eigenvalue weighted by molar-refractivity contribution is 0.511. The summed E-state index contributed by atoms with van der Waals surface area (Å²) in [5, 5.41) is 3.34. The topological polar surface area (TPSA) is 90.1 Å². The van der Waals surface area contributed by atoms with E-state index in [4.69, 9.17) is 17.2 Å². The largest absolute Gasteiger partial charge is 0.330 e. The van der Waals surface area contributed by atoms with Gasteiger partial charge in [0.15, 0.2) is 0 Å². The third kappa shape index (κ3) is 9.92. The van der Waals surface area contributed by atoms with Crippen molar-refractivity contribution in [2.24, 2.45) is 17.2 Å². The average molecular weight is 202 g/mol.